The van der Waals surface area contributed by atoms with E-state index in [0.29, 0.717) is 5.89 Å². The average Bonchev–Trinajstić information content (AvgIpc) is 2.68. The van der Waals surface area contributed by atoms with E-state index in [2.05, 4.69) is 15.5 Å². The van der Waals surface area contributed by atoms with E-state index in [9.17, 15) is 4.79 Å². The molecule has 1 unspecified atom stereocenters. The third-order valence-corrected chi connectivity index (χ3v) is 2.73. The zero-order chi connectivity index (χ0) is 10.9. The summed E-state index contributed by atoms with van der Waals surface area (Å²) in [5.74, 6) is -1.01. The molecular weight excluding hydrogens is 198 g/mol. The predicted molar refractivity (Wildman–Crippen MR) is 50.7 cm³/mol. The second kappa shape index (κ2) is 3.62. The third kappa shape index (κ3) is 1.85. The van der Waals surface area contributed by atoms with Crippen LogP contribution in [0.1, 0.15) is 36.3 Å². The molecule has 1 fully saturated rings. The molecule has 1 saturated heterocycles. The third-order valence-electron chi connectivity index (χ3n) is 2.73. The Hall–Kier alpha value is -1.43. The van der Waals surface area contributed by atoms with Crippen molar-refractivity contribution in [2.24, 2.45) is 0 Å². The summed E-state index contributed by atoms with van der Waals surface area (Å²) in [4.78, 5) is 14.5. The fourth-order valence-electron chi connectivity index (χ4n) is 1.79. The summed E-state index contributed by atoms with van der Waals surface area (Å²) in [5, 5.41) is 15.3. The maximum atomic E-state index is 10.6. The highest BCUT2D eigenvalue weighted by Gasteiger charge is 2.35. The number of piperidine rings is 1. The number of hydrogen-bond acceptors (Lipinski definition) is 5. The first-order chi connectivity index (χ1) is 7.12. The second-order valence-corrected chi connectivity index (χ2v) is 4.07. The van der Waals surface area contributed by atoms with E-state index in [1.165, 1.54) is 0 Å². The number of carboxylic acids is 1. The zero-order valence-corrected chi connectivity index (χ0v) is 8.49. The van der Waals surface area contributed by atoms with Gasteiger partial charge in [0.2, 0.25) is 5.89 Å². The zero-order valence-electron chi connectivity index (χ0n) is 8.49. The van der Waals surface area contributed by atoms with Crippen molar-refractivity contribution >= 4 is 5.97 Å². The Morgan fingerprint density at radius 1 is 1.67 bits per heavy atom. The number of nitrogens with zero attached hydrogens (tertiary/aromatic N) is 2. The first-order valence-electron chi connectivity index (χ1n) is 4.90. The van der Waals surface area contributed by atoms with Crippen LogP contribution in [0.4, 0.5) is 0 Å². The molecule has 0 aromatic carbocycles. The minimum absolute atomic E-state index is 0.237. The van der Waals surface area contributed by atoms with E-state index < -0.39 is 5.97 Å². The quantitative estimate of drug-likeness (QED) is 0.736. The maximum Gasteiger partial charge on any atom is 0.377 e. The summed E-state index contributed by atoms with van der Waals surface area (Å²) < 4.78 is 4.99. The molecule has 1 aliphatic rings. The summed E-state index contributed by atoms with van der Waals surface area (Å²) in [6, 6.07) is 0. The summed E-state index contributed by atoms with van der Waals surface area (Å²) >= 11 is 0. The topological polar surface area (TPSA) is 88.2 Å². The predicted octanol–water partition coefficient (Wildman–Crippen LogP) is 0.409. The molecule has 1 aromatic rings. The van der Waals surface area contributed by atoms with Crippen molar-refractivity contribution in [2.45, 2.75) is 25.2 Å². The highest BCUT2D eigenvalue weighted by atomic mass is 16.5. The van der Waals surface area contributed by atoms with Crippen LogP contribution < -0.4 is 5.32 Å². The van der Waals surface area contributed by atoms with Gasteiger partial charge in [-0.2, -0.15) is 4.98 Å². The van der Waals surface area contributed by atoms with Crippen molar-refractivity contribution in [3.8, 4) is 0 Å². The van der Waals surface area contributed by atoms with Gasteiger partial charge < -0.3 is 14.9 Å². The Morgan fingerprint density at radius 2 is 2.47 bits per heavy atom. The van der Waals surface area contributed by atoms with E-state index in [-0.39, 0.29) is 11.2 Å². The van der Waals surface area contributed by atoms with Crippen LogP contribution in [0.15, 0.2) is 4.52 Å². The van der Waals surface area contributed by atoms with Crippen LogP contribution >= 0.6 is 0 Å². The van der Waals surface area contributed by atoms with Crippen molar-refractivity contribution in [1.82, 2.24) is 15.5 Å². The molecule has 1 aliphatic heterocycles. The van der Waals surface area contributed by atoms with Gasteiger partial charge in [0.05, 0.1) is 5.41 Å². The van der Waals surface area contributed by atoms with Crippen LogP contribution in [-0.4, -0.2) is 34.3 Å². The number of nitrogens with one attached hydrogen (secondary N) is 1. The summed E-state index contributed by atoms with van der Waals surface area (Å²) in [6.07, 6.45) is 1.96. The minimum atomic E-state index is -1.16. The Bertz CT molecular complexity index is 368. The molecule has 0 bridgehead atoms. The Morgan fingerprint density at radius 3 is 3.00 bits per heavy atom. The second-order valence-electron chi connectivity index (χ2n) is 4.07. The number of rotatable bonds is 2. The molecule has 2 rings (SSSR count). The number of aromatic carboxylic acids is 1. The smallest absolute Gasteiger partial charge is 0.377 e. The van der Waals surface area contributed by atoms with Crippen LogP contribution in [0.2, 0.25) is 0 Å². The molecule has 0 amide bonds. The summed E-state index contributed by atoms with van der Waals surface area (Å²) in [7, 11) is 0. The van der Waals surface area contributed by atoms with Crippen molar-refractivity contribution in [3.05, 3.63) is 11.7 Å². The molecular formula is C9H13N3O3. The van der Waals surface area contributed by atoms with Gasteiger partial charge in [-0.3, -0.25) is 0 Å². The van der Waals surface area contributed by atoms with Crippen molar-refractivity contribution in [2.75, 3.05) is 13.1 Å². The first-order valence-corrected chi connectivity index (χ1v) is 4.90. The highest BCUT2D eigenvalue weighted by Crippen LogP contribution is 2.29. The van der Waals surface area contributed by atoms with Gasteiger partial charge in [0.1, 0.15) is 0 Å². The van der Waals surface area contributed by atoms with Gasteiger partial charge >= 0.3 is 5.97 Å². The largest absolute Gasteiger partial charge is 0.475 e. The highest BCUT2D eigenvalue weighted by molar-refractivity contribution is 5.82. The lowest BCUT2D eigenvalue weighted by atomic mass is 9.83. The molecule has 0 aliphatic carbocycles. The first kappa shape index (κ1) is 10.1. The van der Waals surface area contributed by atoms with E-state index in [4.69, 9.17) is 9.63 Å². The average molecular weight is 211 g/mol. The van der Waals surface area contributed by atoms with Crippen LogP contribution in [0.25, 0.3) is 0 Å². The van der Waals surface area contributed by atoms with Gasteiger partial charge in [0, 0.05) is 6.54 Å². The minimum Gasteiger partial charge on any atom is -0.475 e. The molecule has 6 nitrogen and oxygen atoms in total. The van der Waals surface area contributed by atoms with Crippen LogP contribution in [-0.2, 0) is 5.41 Å². The molecule has 0 saturated carbocycles. The summed E-state index contributed by atoms with van der Waals surface area (Å²) in [5.41, 5.74) is -0.237. The maximum absolute atomic E-state index is 10.6. The van der Waals surface area contributed by atoms with Crippen LogP contribution in [0.3, 0.4) is 0 Å². The molecule has 0 spiro atoms. The normalized spacial score (nSPS) is 26.5. The van der Waals surface area contributed by atoms with E-state index >= 15 is 0 Å². The molecule has 6 heteroatoms. The number of aromatic nitrogens is 2. The van der Waals surface area contributed by atoms with E-state index in [1.54, 1.807) is 0 Å². The van der Waals surface area contributed by atoms with Gasteiger partial charge in [-0.1, -0.05) is 0 Å². The monoisotopic (exact) mass is 211 g/mol. The van der Waals surface area contributed by atoms with Gasteiger partial charge in [0.25, 0.3) is 5.82 Å². The van der Waals surface area contributed by atoms with Crippen molar-refractivity contribution in [1.29, 1.82) is 0 Å². The Balaban J connectivity index is 2.23. The number of hydrogen-bond donors (Lipinski definition) is 2. The molecule has 1 aromatic heterocycles. The lowest BCUT2D eigenvalue weighted by molar-refractivity contribution is 0.0680. The standard InChI is InChI=1S/C9H13N3O3/c1-9(3-2-4-10-5-9)8-11-6(7(13)14)12-15-8/h10H,2-5H2,1H3,(H,13,14). The molecule has 1 atom stereocenters. The van der Waals surface area contributed by atoms with Gasteiger partial charge in [0.15, 0.2) is 0 Å². The van der Waals surface area contributed by atoms with Crippen molar-refractivity contribution < 1.29 is 14.4 Å². The SMILES string of the molecule is CC1(c2nc(C(=O)O)no2)CCCNC1. The number of carboxylic acid groups (broad SMARTS) is 1. The lowest BCUT2D eigenvalue weighted by Crippen LogP contribution is -2.41. The van der Waals surface area contributed by atoms with Gasteiger partial charge in [-0.15, -0.1) is 0 Å². The molecule has 2 heterocycles. The van der Waals surface area contributed by atoms with Crippen molar-refractivity contribution in [3.63, 3.8) is 0 Å². The molecule has 0 radical (unpaired) electrons. The van der Waals surface area contributed by atoms with Gasteiger partial charge in [-0.05, 0) is 31.5 Å². The van der Waals surface area contributed by atoms with Crippen LogP contribution in [0.5, 0.6) is 0 Å². The summed E-state index contributed by atoms with van der Waals surface area (Å²) in [6.45, 7) is 3.72. The molecule has 82 valence electrons. The Labute approximate surface area is 86.7 Å². The Kier molecular flexibility index (Phi) is 2.44. The fourth-order valence-corrected chi connectivity index (χ4v) is 1.79. The van der Waals surface area contributed by atoms with E-state index in [0.717, 1.165) is 25.9 Å². The van der Waals surface area contributed by atoms with Crippen LogP contribution in [0, 0.1) is 0 Å². The lowest BCUT2D eigenvalue weighted by Gasteiger charge is -2.30. The van der Waals surface area contributed by atoms with E-state index in [1.807, 2.05) is 6.92 Å². The van der Waals surface area contributed by atoms with Gasteiger partial charge in [-0.25, -0.2) is 4.79 Å². The fraction of sp³-hybridized carbons (Fsp3) is 0.667. The number of carbonyl (C=O) groups is 1. The molecule has 15 heavy (non-hydrogen) atoms. The molecule has 2 N–H and O–H groups in total.